The lowest BCUT2D eigenvalue weighted by molar-refractivity contribution is -0.116. The van der Waals surface area contributed by atoms with Gasteiger partial charge >= 0.3 is 0 Å². The molecular weight excluding hydrogens is 284 g/mol. The SMILES string of the molecule is C=CC(=O)NCc1ccc(S(=O)(=O)N2CCCC2)s1. The number of carbonyl (C=O) groups is 1. The van der Waals surface area contributed by atoms with E-state index in [4.69, 9.17) is 0 Å². The highest BCUT2D eigenvalue weighted by Crippen LogP contribution is 2.27. The molecule has 1 saturated heterocycles. The molecule has 0 radical (unpaired) electrons. The van der Waals surface area contributed by atoms with E-state index in [2.05, 4.69) is 11.9 Å². The van der Waals surface area contributed by atoms with Gasteiger partial charge in [-0.1, -0.05) is 6.58 Å². The molecule has 0 unspecified atom stereocenters. The minimum atomic E-state index is -3.34. The van der Waals surface area contributed by atoms with Gasteiger partial charge in [0.05, 0.1) is 6.54 Å². The van der Waals surface area contributed by atoms with Gasteiger partial charge in [-0.25, -0.2) is 8.42 Å². The summed E-state index contributed by atoms with van der Waals surface area (Å²) in [4.78, 5) is 11.9. The predicted octanol–water partition coefficient (Wildman–Crippen LogP) is 1.33. The van der Waals surface area contributed by atoms with Crippen molar-refractivity contribution >= 4 is 27.3 Å². The molecule has 0 atom stereocenters. The zero-order chi connectivity index (χ0) is 13.9. The van der Waals surface area contributed by atoms with Crippen LogP contribution in [0.4, 0.5) is 0 Å². The minimum Gasteiger partial charge on any atom is -0.348 e. The quantitative estimate of drug-likeness (QED) is 0.834. The number of rotatable bonds is 5. The Kier molecular flexibility index (Phi) is 4.38. The Labute approximate surface area is 117 Å². The highest BCUT2D eigenvalue weighted by Gasteiger charge is 2.28. The van der Waals surface area contributed by atoms with Crippen LogP contribution in [-0.4, -0.2) is 31.7 Å². The number of sulfonamides is 1. The van der Waals surface area contributed by atoms with E-state index in [1.54, 1.807) is 12.1 Å². The van der Waals surface area contributed by atoms with Crippen molar-refractivity contribution in [3.63, 3.8) is 0 Å². The molecule has 7 heteroatoms. The van der Waals surface area contributed by atoms with Gasteiger partial charge in [-0.05, 0) is 31.1 Å². The number of amides is 1. The van der Waals surface area contributed by atoms with Crippen LogP contribution in [0.3, 0.4) is 0 Å². The zero-order valence-corrected chi connectivity index (χ0v) is 12.1. The van der Waals surface area contributed by atoms with E-state index in [1.165, 1.54) is 21.7 Å². The van der Waals surface area contributed by atoms with Gasteiger partial charge in [-0.3, -0.25) is 4.79 Å². The van der Waals surface area contributed by atoms with Crippen molar-refractivity contribution in [3.05, 3.63) is 29.7 Å². The molecule has 1 N–H and O–H groups in total. The molecular formula is C12H16N2O3S2. The van der Waals surface area contributed by atoms with E-state index in [0.29, 0.717) is 23.8 Å². The van der Waals surface area contributed by atoms with Crippen molar-refractivity contribution < 1.29 is 13.2 Å². The highest BCUT2D eigenvalue weighted by atomic mass is 32.2. The third kappa shape index (κ3) is 3.23. The second-order valence-corrected chi connectivity index (χ2v) is 7.59. The Bertz CT molecular complexity index is 572. The monoisotopic (exact) mass is 300 g/mol. The Morgan fingerprint density at radius 3 is 2.74 bits per heavy atom. The molecule has 1 aliphatic heterocycles. The molecule has 0 bridgehead atoms. The van der Waals surface area contributed by atoms with E-state index in [1.807, 2.05) is 0 Å². The molecule has 2 rings (SSSR count). The van der Waals surface area contributed by atoms with E-state index in [0.717, 1.165) is 17.7 Å². The van der Waals surface area contributed by atoms with Crippen LogP contribution in [-0.2, 0) is 21.4 Å². The third-order valence-corrected chi connectivity index (χ3v) is 6.37. The summed E-state index contributed by atoms with van der Waals surface area (Å²) in [7, 11) is -3.34. The molecule has 1 aromatic heterocycles. The molecule has 0 spiro atoms. The average molecular weight is 300 g/mol. The van der Waals surface area contributed by atoms with E-state index in [9.17, 15) is 13.2 Å². The summed E-state index contributed by atoms with van der Waals surface area (Å²) in [5.41, 5.74) is 0. The summed E-state index contributed by atoms with van der Waals surface area (Å²) in [6.45, 7) is 4.88. The van der Waals surface area contributed by atoms with Crippen LogP contribution in [0.25, 0.3) is 0 Å². The molecule has 0 saturated carbocycles. The van der Waals surface area contributed by atoms with Gasteiger partial charge in [-0.2, -0.15) is 4.31 Å². The summed E-state index contributed by atoms with van der Waals surface area (Å²) in [5.74, 6) is -0.266. The van der Waals surface area contributed by atoms with Gasteiger partial charge in [0.2, 0.25) is 5.91 Å². The number of nitrogens with one attached hydrogen (secondary N) is 1. The molecule has 0 aliphatic carbocycles. The molecule has 1 fully saturated rings. The second-order valence-electron chi connectivity index (χ2n) is 4.25. The molecule has 19 heavy (non-hydrogen) atoms. The van der Waals surface area contributed by atoms with Crippen molar-refractivity contribution in [3.8, 4) is 0 Å². The first kappa shape index (κ1) is 14.2. The van der Waals surface area contributed by atoms with Crippen LogP contribution < -0.4 is 5.32 Å². The van der Waals surface area contributed by atoms with Gasteiger partial charge in [0.15, 0.2) is 0 Å². The fourth-order valence-corrected chi connectivity index (χ4v) is 4.86. The highest BCUT2D eigenvalue weighted by molar-refractivity contribution is 7.91. The number of nitrogens with zero attached hydrogens (tertiary/aromatic N) is 1. The third-order valence-electron chi connectivity index (χ3n) is 2.92. The van der Waals surface area contributed by atoms with Crippen molar-refractivity contribution in [2.75, 3.05) is 13.1 Å². The lowest BCUT2D eigenvalue weighted by Crippen LogP contribution is -2.27. The maximum Gasteiger partial charge on any atom is 0.252 e. The topological polar surface area (TPSA) is 66.5 Å². The van der Waals surface area contributed by atoms with E-state index < -0.39 is 10.0 Å². The Morgan fingerprint density at radius 1 is 1.42 bits per heavy atom. The Morgan fingerprint density at radius 2 is 2.11 bits per heavy atom. The zero-order valence-electron chi connectivity index (χ0n) is 10.5. The van der Waals surface area contributed by atoms with Crippen LogP contribution in [0, 0.1) is 0 Å². The van der Waals surface area contributed by atoms with Crippen molar-refractivity contribution in [1.82, 2.24) is 9.62 Å². The number of hydrogen-bond acceptors (Lipinski definition) is 4. The number of carbonyl (C=O) groups excluding carboxylic acids is 1. The van der Waals surface area contributed by atoms with Gasteiger partial charge < -0.3 is 5.32 Å². The lowest BCUT2D eigenvalue weighted by Gasteiger charge is -2.13. The van der Waals surface area contributed by atoms with E-state index in [-0.39, 0.29) is 5.91 Å². The Balaban J connectivity index is 2.07. The molecule has 1 aliphatic rings. The largest absolute Gasteiger partial charge is 0.348 e. The van der Waals surface area contributed by atoms with Crippen molar-refractivity contribution in [2.24, 2.45) is 0 Å². The minimum absolute atomic E-state index is 0.266. The van der Waals surface area contributed by atoms with Crippen molar-refractivity contribution in [1.29, 1.82) is 0 Å². The molecule has 104 valence electrons. The Hall–Kier alpha value is -1.18. The van der Waals surface area contributed by atoms with E-state index >= 15 is 0 Å². The maximum atomic E-state index is 12.3. The normalized spacial score (nSPS) is 16.4. The molecule has 0 aromatic carbocycles. The van der Waals surface area contributed by atoms with Gasteiger partial charge in [0.25, 0.3) is 10.0 Å². The van der Waals surface area contributed by atoms with Gasteiger partial charge in [0.1, 0.15) is 4.21 Å². The molecule has 2 heterocycles. The molecule has 1 amide bonds. The summed E-state index contributed by atoms with van der Waals surface area (Å²) in [5, 5.41) is 2.63. The van der Waals surface area contributed by atoms with Crippen LogP contribution in [0.15, 0.2) is 29.0 Å². The summed E-state index contributed by atoms with van der Waals surface area (Å²) < 4.78 is 26.4. The first-order valence-corrected chi connectivity index (χ1v) is 8.29. The van der Waals surface area contributed by atoms with Crippen LogP contribution >= 0.6 is 11.3 Å². The second kappa shape index (κ2) is 5.85. The van der Waals surface area contributed by atoms with Crippen LogP contribution in [0.1, 0.15) is 17.7 Å². The summed E-state index contributed by atoms with van der Waals surface area (Å²) in [6.07, 6.45) is 3.04. The molecule has 1 aromatic rings. The average Bonchev–Trinajstić information content (AvgIpc) is 3.06. The van der Waals surface area contributed by atoms with Crippen LogP contribution in [0.5, 0.6) is 0 Å². The van der Waals surface area contributed by atoms with Crippen LogP contribution in [0.2, 0.25) is 0 Å². The first-order chi connectivity index (χ1) is 9.04. The van der Waals surface area contributed by atoms with Gasteiger partial charge in [0, 0.05) is 18.0 Å². The molecule has 5 nitrogen and oxygen atoms in total. The summed E-state index contributed by atoms with van der Waals surface area (Å²) in [6, 6.07) is 3.34. The van der Waals surface area contributed by atoms with Crippen molar-refractivity contribution in [2.45, 2.75) is 23.6 Å². The smallest absolute Gasteiger partial charge is 0.252 e. The summed E-state index contributed by atoms with van der Waals surface area (Å²) >= 11 is 1.20. The lowest BCUT2D eigenvalue weighted by atomic mass is 10.4. The predicted molar refractivity (Wildman–Crippen MR) is 74.4 cm³/mol. The number of hydrogen-bond donors (Lipinski definition) is 1. The maximum absolute atomic E-state index is 12.3. The standard InChI is InChI=1S/C12H16N2O3S2/c1-2-11(15)13-9-10-5-6-12(18-10)19(16,17)14-7-3-4-8-14/h2,5-6H,1,3-4,7-9H2,(H,13,15). The number of thiophene rings is 1. The first-order valence-electron chi connectivity index (χ1n) is 6.03. The fourth-order valence-electron chi connectivity index (χ4n) is 1.89. The van der Waals surface area contributed by atoms with Gasteiger partial charge in [-0.15, -0.1) is 11.3 Å². The fraction of sp³-hybridized carbons (Fsp3) is 0.417.